The molecule has 0 aliphatic carbocycles. The van der Waals surface area contributed by atoms with Crippen LogP contribution in [0.5, 0.6) is 0 Å². The molecule has 0 saturated carbocycles. The molecule has 0 aliphatic rings. The van der Waals surface area contributed by atoms with E-state index in [9.17, 15) is 4.79 Å². The average Bonchev–Trinajstić information content (AvgIpc) is 2.37. The maximum atomic E-state index is 10.9. The van der Waals surface area contributed by atoms with Crippen molar-refractivity contribution in [3.8, 4) is 0 Å². The molecule has 0 atom stereocenters. The van der Waals surface area contributed by atoms with Crippen molar-refractivity contribution < 1.29 is 9.90 Å². The molecule has 1 heterocycles. The van der Waals surface area contributed by atoms with E-state index in [1.54, 1.807) is 6.07 Å². The summed E-state index contributed by atoms with van der Waals surface area (Å²) in [4.78, 5) is 15.3. The zero-order chi connectivity index (χ0) is 13.8. The first-order valence-corrected chi connectivity index (χ1v) is 5.85. The monoisotopic (exact) mass is 257 g/mol. The quantitative estimate of drug-likeness (QED) is 0.731. The largest absolute Gasteiger partial charge is 0.478 e. The van der Waals surface area contributed by atoms with Crippen LogP contribution in [-0.4, -0.2) is 16.1 Å². The number of aryl methyl sites for hydroxylation is 1. The van der Waals surface area contributed by atoms with Gasteiger partial charge in [-0.15, -0.1) is 0 Å². The maximum absolute atomic E-state index is 10.9. The molecule has 0 spiro atoms. The Balaban J connectivity index is 2.15. The van der Waals surface area contributed by atoms with E-state index in [2.05, 4.69) is 10.3 Å². The smallest absolute Gasteiger partial charge is 0.335 e. The Morgan fingerprint density at radius 1 is 1.37 bits per heavy atom. The molecule has 1 aromatic carbocycles. The maximum Gasteiger partial charge on any atom is 0.335 e. The molecule has 0 aliphatic heterocycles. The van der Waals surface area contributed by atoms with Gasteiger partial charge < -0.3 is 16.2 Å². The summed E-state index contributed by atoms with van der Waals surface area (Å²) in [5.74, 6) is -0.975. The van der Waals surface area contributed by atoms with Gasteiger partial charge >= 0.3 is 5.97 Å². The van der Waals surface area contributed by atoms with E-state index in [4.69, 9.17) is 10.8 Å². The number of aromatic carboxylic acids is 1. The van der Waals surface area contributed by atoms with E-state index in [-0.39, 0.29) is 5.56 Å². The highest BCUT2D eigenvalue weighted by Crippen LogP contribution is 2.20. The van der Waals surface area contributed by atoms with E-state index in [1.807, 2.05) is 25.1 Å². The molecule has 4 N–H and O–H groups in total. The highest BCUT2D eigenvalue weighted by molar-refractivity contribution is 5.90. The lowest BCUT2D eigenvalue weighted by molar-refractivity contribution is 0.0697. The fraction of sp³-hybridized carbons (Fsp3) is 0.143. The average molecular weight is 257 g/mol. The summed E-state index contributed by atoms with van der Waals surface area (Å²) in [5, 5.41) is 12.0. The van der Waals surface area contributed by atoms with Gasteiger partial charge in [-0.05, 0) is 37.3 Å². The molecule has 5 nitrogen and oxygen atoms in total. The predicted molar refractivity (Wildman–Crippen MR) is 74.1 cm³/mol. The number of nitrogen functional groups attached to an aromatic ring is 1. The van der Waals surface area contributed by atoms with E-state index in [0.29, 0.717) is 17.9 Å². The van der Waals surface area contributed by atoms with E-state index in [0.717, 1.165) is 11.4 Å². The topological polar surface area (TPSA) is 88.2 Å². The molecule has 2 rings (SSSR count). The molecule has 0 unspecified atom stereocenters. The lowest BCUT2D eigenvalue weighted by Crippen LogP contribution is -2.06. The Hall–Kier alpha value is -2.56. The van der Waals surface area contributed by atoms with Crippen molar-refractivity contribution in [2.45, 2.75) is 13.5 Å². The highest BCUT2D eigenvalue weighted by Gasteiger charge is 2.06. The molecule has 0 saturated heterocycles. The number of nitrogens with one attached hydrogen (secondary N) is 1. The lowest BCUT2D eigenvalue weighted by Gasteiger charge is -2.10. The van der Waals surface area contributed by atoms with Gasteiger partial charge in [0.2, 0.25) is 0 Å². The molecule has 98 valence electrons. The summed E-state index contributed by atoms with van der Waals surface area (Å²) < 4.78 is 0. The van der Waals surface area contributed by atoms with E-state index >= 15 is 0 Å². The number of carboxylic acid groups (broad SMARTS) is 1. The van der Waals surface area contributed by atoms with Crippen molar-refractivity contribution in [1.82, 2.24) is 4.98 Å². The Morgan fingerprint density at radius 3 is 2.84 bits per heavy atom. The zero-order valence-corrected chi connectivity index (χ0v) is 10.6. The van der Waals surface area contributed by atoms with Gasteiger partial charge in [-0.2, -0.15) is 0 Å². The molecule has 0 bridgehead atoms. The number of rotatable bonds is 4. The third-order valence-electron chi connectivity index (χ3n) is 2.71. The Bertz CT molecular complexity index is 611. The van der Waals surface area contributed by atoms with Crippen molar-refractivity contribution in [2.75, 3.05) is 11.1 Å². The van der Waals surface area contributed by atoms with Crippen molar-refractivity contribution in [3.05, 3.63) is 53.3 Å². The first kappa shape index (κ1) is 12.9. The predicted octanol–water partition coefficient (Wildman–Crippen LogP) is 2.28. The molecule has 0 radical (unpaired) electrons. The third kappa shape index (κ3) is 3.22. The van der Waals surface area contributed by atoms with Crippen LogP contribution in [0.4, 0.5) is 11.4 Å². The van der Waals surface area contributed by atoms with E-state index < -0.39 is 5.97 Å². The van der Waals surface area contributed by atoms with Crippen LogP contribution >= 0.6 is 0 Å². The van der Waals surface area contributed by atoms with E-state index in [1.165, 1.54) is 12.1 Å². The van der Waals surface area contributed by atoms with Crippen molar-refractivity contribution in [3.63, 3.8) is 0 Å². The molecule has 5 heteroatoms. The number of hydrogen-bond acceptors (Lipinski definition) is 4. The summed E-state index contributed by atoms with van der Waals surface area (Å²) in [5.41, 5.74) is 8.93. The second-order valence-electron chi connectivity index (χ2n) is 4.23. The van der Waals surface area contributed by atoms with Gasteiger partial charge in [0.1, 0.15) is 0 Å². The van der Waals surface area contributed by atoms with Crippen LogP contribution in [0.2, 0.25) is 0 Å². The van der Waals surface area contributed by atoms with Gasteiger partial charge in [0, 0.05) is 5.69 Å². The van der Waals surface area contributed by atoms with Crippen molar-refractivity contribution >= 4 is 17.3 Å². The minimum absolute atomic E-state index is 0.203. The van der Waals surface area contributed by atoms with Crippen LogP contribution in [0.25, 0.3) is 0 Å². The first-order valence-electron chi connectivity index (χ1n) is 5.85. The second-order valence-corrected chi connectivity index (χ2v) is 4.23. The van der Waals surface area contributed by atoms with Crippen molar-refractivity contribution in [2.24, 2.45) is 0 Å². The van der Waals surface area contributed by atoms with Gasteiger partial charge in [-0.25, -0.2) is 4.79 Å². The first-order chi connectivity index (χ1) is 9.06. The second kappa shape index (κ2) is 5.39. The number of nitrogens with two attached hydrogens (primary N) is 1. The summed E-state index contributed by atoms with van der Waals surface area (Å²) in [6.07, 6.45) is 0. The van der Waals surface area contributed by atoms with Crippen LogP contribution < -0.4 is 11.1 Å². The lowest BCUT2D eigenvalue weighted by atomic mass is 10.1. The number of aromatic nitrogens is 1. The number of anilines is 2. The summed E-state index contributed by atoms with van der Waals surface area (Å²) in [6.45, 7) is 2.41. The number of carbonyl (C=O) groups is 1. The van der Waals surface area contributed by atoms with Gasteiger partial charge in [0.25, 0.3) is 0 Å². The molecule has 0 fully saturated rings. The molecule has 19 heavy (non-hydrogen) atoms. The number of nitrogens with zero attached hydrogens (tertiary/aromatic N) is 1. The Labute approximate surface area is 111 Å². The molecular weight excluding hydrogens is 242 g/mol. The number of hydrogen-bond donors (Lipinski definition) is 3. The van der Waals surface area contributed by atoms with Crippen LogP contribution in [0, 0.1) is 6.92 Å². The van der Waals surface area contributed by atoms with Gasteiger partial charge in [0.15, 0.2) is 0 Å². The van der Waals surface area contributed by atoms with Crippen LogP contribution in [0.3, 0.4) is 0 Å². The SMILES string of the molecule is Cc1cccc(CNc2cc(C(=O)O)ccc2N)n1. The Kier molecular flexibility index (Phi) is 3.66. The Morgan fingerprint density at radius 2 is 2.16 bits per heavy atom. The molecule has 0 amide bonds. The standard InChI is InChI=1S/C14H15N3O2/c1-9-3-2-4-11(17-9)8-16-13-7-10(14(18)19)5-6-12(13)15/h2-7,16H,8,15H2,1H3,(H,18,19). The number of pyridine rings is 1. The fourth-order valence-electron chi connectivity index (χ4n) is 1.73. The molecular formula is C14H15N3O2. The summed E-state index contributed by atoms with van der Waals surface area (Å²) in [7, 11) is 0. The van der Waals surface area contributed by atoms with Crippen LogP contribution in [0.1, 0.15) is 21.7 Å². The third-order valence-corrected chi connectivity index (χ3v) is 2.71. The number of benzene rings is 1. The normalized spacial score (nSPS) is 10.2. The van der Waals surface area contributed by atoms with Crippen molar-refractivity contribution in [1.29, 1.82) is 0 Å². The molecule has 2 aromatic rings. The summed E-state index contributed by atoms with van der Waals surface area (Å²) >= 11 is 0. The van der Waals surface area contributed by atoms with Crippen LogP contribution in [-0.2, 0) is 6.54 Å². The summed E-state index contributed by atoms with van der Waals surface area (Å²) in [6, 6.07) is 10.3. The minimum Gasteiger partial charge on any atom is -0.478 e. The highest BCUT2D eigenvalue weighted by atomic mass is 16.4. The van der Waals surface area contributed by atoms with Gasteiger partial charge in [-0.3, -0.25) is 4.98 Å². The number of carboxylic acids is 1. The fourth-order valence-corrected chi connectivity index (χ4v) is 1.73. The molecule has 1 aromatic heterocycles. The minimum atomic E-state index is -0.975. The van der Waals surface area contributed by atoms with Crippen LogP contribution in [0.15, 0.2) is 36.4 Å². The zero-order valence-electron chi connectivity index (χ0n) is 10.6. The van der Waals surface area contributed by atoms with Gasteiger partial charge in [-0.1, -0.05) is 6.07 Å². The van der Waals surface area contributed by atoms with Gasteiger partial charge in [0.05, 0.1) is 29.2 Å².